The Morgan fingerprint density at radius 1 is 1.10 bits per heavy atom. The molecule has 3 aromatic heterocycles. The molecule has 1 aromatic carbocycles. The van der Waals surface area contributed by atoms with Crippen LogP contribution < -0.4 is 0 Å². The van der Waals surface area contributed by atoms with Crippen LogP contribution in [0.4, 0.5) is 0 Å². The van der Waals surface area contributed by atoms with E-state index in [1.54, 1.807) is 22.4 Å². The first-order chi connectivity index (χ1) is 14.3. The Morgan fingerprint density at radius 3 is 2.50 bits per heavy atom. The summed E-state index contributed by atoms with van der Waals surface area (Å²) < 4.78 is 3.02. The van der Waals surface area contributed by atoms with Crippen LogP contribution in [-0.2, 0) is 0 Å². The Morgan fingerprint density at radius 2 is 1.83 bits per heavy atom. The first-order valence-corrected chi connectivity index (χ1v) is 11.1. The van der Waals surface area contributed by atoms with Crippen LogP contribution >= 0.6 is 11.3 Å². The van der Waals surface area contributed by atoms with E-state index in [9.17, 15) is 4.79 Å². The third-order valence-corrected chi connectivity index (χ3v) is 6.67. The predicted molar refractivity (Wildman–Crippen MR) is 122 cm³/mol. The van der Waals surface area contributed by atoms with Crippen molar-refractivity contribution in [3.05, 3.63) is 52.8 Å². The lowest BCUT2D eigenvalue weighted by molar-refractivity contribution is 0.0744. The largest absolute Gasteiger partial charge is 0.332 e. The highest BCUT2D eigenvalue weighted by Gasteiger charge is 2.26. The number of fused-ring (bicyclic) bond motifs is 2. The molecule has 7 heteroatoms. The van der Waals surface area contributed by atoms with Gasteiger partial charge in [0.2, 0.25) is 0 Å². The molecule has 0 saturated carbocycles. The van der Waals surface area contributed by atoms with E-state index < -0.39 is 0 Å². The number of rotatable bonds is 5. The molecule has 4 rings (SSSR count). The number of para-hydroxylation sites is 1. The molecule has 0 fully saturated rings. The molecule has 0 aliphatic rings. The van der Waals surface area contributed by atoms with E-state index in [-0.39, 0.29) is 23.9 Å². The van der Waals surface area contributed by atoms with Crippen LogP contribution in [0.2, 0.25) is 0 Å². The third-order valence-electron chi connectivity index (χ3n) is 5.47. The molecule has 0 spiro atoms. The highest BCUT2D eigenvalue weighted by molar-refractivity contribution is 7.18. The molecule has 6 nitrogen and oxygen atoms in total. The highest BCUT2D eigenvalue weighted by atomic mass is 32.1. The number of nitrogens with zero attached hydrogens (tertiary/aromatic N) is 5. The summed E-state index contributed by atoms with van der Waals surface area (Å²) in [7, 11) is 1.84. The summed E-state index contributed by atoms with van der Waals surface area (Å²) in [4.78, 5) is 24.9. The van der Waals surface area contributed by atoms with Crippen LogP contribution in [0.1, 0.15) is 73.7 Å². The Hall–Kier alpha value is -2.80. The smallest absolute Gasteiger partial charge is 0.255 e. The zero-order valence-corrected chi connectivity index (χ0v) is 19.1. The summed E-state index contributed by atoms with van der Waals surface area (Å²) in [6.45, 7) is 10.3. The lowest BCUT2D eigenvalue weighted by Crippen LogP contribution is -2.30. The van der Waals surface area contributed by atoms with Crippen molar-refractivity contribution >= 4 is 38.5 Å². The van der Waals surface area contributed by atoms with Crippen molar-refractivity contribution < 1.29 is 4.79 Å². The molecule has 1 atom stereocenters. The SMILES string of the molecule is CC(C)c1cc(C(=O)N(C)[C@@H](C)c2nc3ccccc3s2)c2cnn(C(C)C)c2n1. The summed E-state index contributed by atoms with van der Waals surface area (Å²) in [5, 5.41) is 6.23. The monoisotopic (exact) mass is 421 g/mol. The lowest BCUT2D eigenvalue weighted by atomic mass is 10.0. The van der Waals surface area contributed by atoms with E-state index in [0.29, 0.717) is 5.56 Å². The highest BCUT2D eigenvalue weighted by Crippen LogP contribution is 2.31. The van der Waals surface area contributed by atoms with Crippen LogP contribution in [0.3, 0.4) is 0 Å². The number of pyridine rings is 1. The summed E-state index contributed by atoms with van der Waals surface area (Å²) in [6, 6.07) is 10.0. The van der Waals surface area contributed by atoms with Gasteiger partial charge in [-0.05, 0) is 44.9 Å². The molecule has 0 aliphatic heterocycles. The minimum Gasteiger partial charge on any atom is -0.332 e. The van der Waals surface area contributed by atoms with Gasteiger partial charge in [-0.1, -0.05) is 26.0 Å². The minimum absolute atomic E-state index is 0.0423. The van der Waals surface area contributed by atoms with Crippen LogP contribution in [0.15, 0.2) is 36.5 Å². The van der Waals surface area contributed by atoms with Gasteiger partial charge in [0.25, 0.3) is 5.91 Å². The second kappa shape index (κ2) is 7.80. The maximum absolute atomic E-state index is 13.6. The third kappa shape index (κ3) is 3.47. The Balaban J connectivity index is 1.75. The molecule has 0 bridgehead atoms. The number of hydrogen-bond donors (Lipinski definition) is 0. The Bertz CT molecular complexity index is 1190. The number of hydrogen-bond acceptors (Lipinski definition) is 5. The fourth-order valence-electron chi connectivity index (χ4n) is 3.49. The van der Waals surface area contributed by atoms with Gasteiger partial charge in [0.15, 0.2) is 5.65 Å². The van der Waals surface area contributed by atoms with Crippen molar-refractivity contribution in [1.82, 2.24) is 24.6 Å². The van der Waals surface area contributed by atoms with Crippen molar-refractivity contribution in [3.8, 4) is 0 Å². The van der Waals surface area contributed by atoms with Crippen molar-refractivity contribution in [1.29, 1.82) is 0 Å². The van der Waals surface area contributed by atoms with E-state index in [4.69, 9.17) is 9.97 Å². The fourth-order valence-corrected chi connectivity index (χ4v) is 4.55. The molecule has 4 aromatic rings. The van der Waals surface area contributed by atoms with Gasteiger partial charge >= 0.3 is 0 Å². The molecular formula is C23H27N5OS. The molecular weight excluding hydrogens is 394 g/mol. The first kappa shape index (κ1) is 20.5. The molecule has 0 unspecified atom stereocenters. The number of benzene rings is 1. The quantitative estimate of drug-likeness (QED) is 0.422. The minimum atomic E-state index is -0.138. The topological polar surface area (TPSA) is 63.9 Å². The average Bonchev–Trinajstić information content (AvgIpc) is 3.35. The van der Waals surface area contributed by atoms with Crippen molar-refractivity contribution in [2.45, 2.75) is 52.6 Å². The van der Waals surface area contributed by atoms with E-state index in [2.05, 4.69) is 38.9 Å². The second-order valence-electron chi connectivity index (χ2n) is 8.28. The molecule has 1 amide bonds. The maximum Gasteiger partial charge on any atom is 0.255 e. The number of thiazole rings is 1. The lowest BCUT2D eigenvalue weighted by Gasteiger charge is -2.24. The molecule has 156 valence electrons. The van der Waals surface area contributed by atoms with Gasteiger partial charge in [-0.15, -0.1) is 11.3 Å². The van der Waals surface area contributed by atoms with Crippen LogP contribution in [0, 0.1) is 0 Å². The molecule has 0 N–H and O–H groups in total. The van der Waals surface area contributed by atoms with Gasteiger partial charge in [0.1, 0.15) is 5.01 Å². The van der Waals surface area contributed by atoms with Crippen LogP contribution in [0.25, 0.3) is 21.3 Å². The van der Waals surface area contributed by atoms with Gasteiger partial charge in [0.05, 0.1) is 33.4 Å². The van der Waals surface area contributed by atoms with Gasteiger partial charge in [-0.3, -0.25) is 4.79 Å². The summed E-state index contributed by atoms with van der Waals surface area (Å²) in [5.41, 5.74) is 3.28. The van der Waals surface area contributed by atoms with E-state index in [1.165, 1.54) is 0 Å². The van der Waals surface area contributed by atoms with E-state index in [1.807, 2.05) is 42.9 Å². The van der Waals surface area contributed by atoms with E-state index in [0.717, 1.165) is 32.0 Å². The Kier molecular flexibility index (Phi) is 5.32. The predicted octanol–water partition coefficient (Wildman–Crippen LogP) is 5.58. The molecule has 0 radical (unpaired) electrons. The summed E-state index contributed by atoms with van der Waals surface area (Å²) in [6.07, 6.45) is 1.76. The zero-order valence-electron chi connectivity index (χ0n) is 18.2. The first-order valence-electron chi connectivity index (χ1n) is 10.3. The van der Waals surface area contributed by atoms with Crippen molar-refractivity contribution in [3.63, 3.8) is 0 Å². The van der Waals surface area contributed by atoms with E-state index >= 15 is 0 Å². The zero-order chi connectivity index (χ0) is 21.6. The number of carbonyl (C=O) groups is 1. The molecule has 30 heavy (non-hydrogen) atoms. The standard InChI is InChI=1S/C23H27N5OS/c1-13(2)19-11-16(17-12-24-28(14(3)4)21(17)25-19)23(29)27(6)15(5)22-26-18-9-7-8-10-20(18)30-22/h7-15H,1-6H3/t15-/m0/s1. The van der Waals surface area contributed by atoms with Gasteiger partial charge in [-0.2, -0.15) is 5.10 Å². The van der Waals surface area contributed by atoms with Gasteiger partial charge in [0, 0.05) is 18.8 Å². The normalized spacial score (nSPS) is 12.9. The van der Waals surface area contributed by atoms with Crippen LogP contribution in [0.5, 0.6) is 0 Å². The summed E-state index contributed by atoms with van der Waals surface area (Å²) >= 11 is 1.63. The van der Waals surface area contributed by atoms with Gasteiger partial charge < -0.3 is 4.90 Å². The number of carbonyl (C=O) groups excluding carboxylic acids is 1. The second-order valence-corrected chi connectivity index (χ2v) is 9.34. The Labute approximate surface area is 180 Å². The number of aromatic nitrogens is 4. The average molecular weight is 422 g/mol. The maximum atomic E-state index is 13.6. The summed E-state index contributed by atoms with van der Waals surface area (Å²) in [5.74, 6) is 0.169. The molecule has 3 heterocycles. The van der Waals surface area contributed by atoms with Crippen molar-refractivity contribution in [2.75, 3.05) is 7.05 Å². The fraction of sp³-hybridized carbons (Fsp3) is 0.391. The van der Waals surface area contributed by atoms with Crippen LogP contribution in [-0.4, -0.2) is 37.6 Å². The van der Waals surface area contributed by atoms with Crippen molar-refractivity contribution in [2.24, 2.45) is 0 Å². The molecule has 0 aliphatic carbocycles. The molecule has 0 saturated heterocycles. The van der Waals surface area contributed by atoms with Gasteiger partial charge in [-0.25, -0.2) is 14.6 Å². The number of amides is 1.